The Morgan fingerprint density at radius 2 is 2.00 bits per heavy atom. The number of hydrogen-bond acceptors (Lipinski definition) is 3. The van der Waals surface area contributed by atoms with Crippen LogP contribution in [-0.2, 0) is 16.2 Å². The predicted molar refractivity (Wildman–Crippen MR) is 67.8 cm³/mol. The molecule has 0 spiro atoms. The second kappa shape index (κ2) is 5.18. The molecule has 1 fully saturated rings. The third-order valence-corrected chi connectivity index (χ3v) is 5.45. The summed E-state index contributed by atoms with van der Waals surface area (Å²) in [6.07, 6.45) is -4.39. The zero-order valence-corrected chi connectivity index (χ0v) is 11.8. The molecule has 0 bridgehead atoms. The van der Waals surface area contributed by atoms with E-state index >= 15 is 0 Å². The Kier molecular flexibility index (Phi) is 4.03. The van der Waals surface area contributed by atoms with Crippen molar-refractivity contribution in [1.29, 1.82) is 0 Å². The highest BCUT2D eigenvalue weighted by atomic mass is 35.5. The van der Waals surface area contributed by atoms with E-state index in [-0.39, 0.29) is 19.1 Å². The first-order valence-electron chi connectivity index (χ1n) is 5.75. The molecule has 1 saturated heterocycles. The predicted octanol–water partition coefficient (Wildman–Crippen LogP) is 2.08. The monoisotopic (exact) mass is 328 g/mol. The Hall–Kier alpha value is -0.830. The molecule has 0 radical (unpaired) electrons. The summed E-state index contributed by atoms with van der Waals surface area (Å²) in [4.78, 5) is -0.900. The van der Waals surface area contributed by atoms with Gasteiger partial charge in [-0.1, -0.05) is 17.7 Å². The van der Waals surface area contributed by atoms with E-state index < -0.39 is 31.7 Å². The number of sulfonamides is 1. The van der Waals surface area contributed by atoms with Crippen molar-refractivity contribution in [2.24, 2.45) is 5.73 Å². The molecule has 1 atom stereocenters. The van der Waals surface area contributed by atoms with E-state index in [9.17, 15) is 21.6 Å². The summed E-state index contributed by atoms with van der Waals surface area (Å²) in [5.74, 6) is 0. The molecule has 0 unspecified atom stereocenters. The second-order valence-electron chi connectivity index (χ2n) is 4.53. The minimum atomic E-state index is -4.80. The highest BCUT2D eigenvalue weighted by Gasteiger charge is 2.41. The second-order valence-corrected chi connectivity index (χ2v) is 6.81. The summed E-state index contributed by atoms with van der Waals surface area (Å²) in [7, 11) is -4.31. The zero-order valence-electron chi connectivity index (χ0n) is 10.2. The van der Waals surface area contributed by atoms with Crippen LogP contribution in [0.15, 0.2) is 23.1 Å². The van der Waals surface area contributed by atoms with Gasteiger partial charge in [-0.3, -0.25) is 0 Å². The maximum Gasteiger partial charge on any atom is 0.417 e. The van der Waals surface area contributed by atoms with Crippen LogP contribution in [0.25, 0.3) is 0 Å². The van der Waals surface area contributed by atoms with Crippen molar-refractivity contribution in [3.63, 3.8) is 0 Å². The summed E-state index contributed by atoms with van der Waals surface area (Å²) in [5.41, 5.74) is 4.34. The lowest BCUT2D eigenvalue weighted by Gasteiger charge is -2.20. The van der Waals surface area contributed by atoms with Crippen LogP contribution < -0.4 is 5.73 Å². The summed E-state index contributed by atoms with van der Waals surface area (Å²) in [6, 6.07) is 2.52. The fourth-order valence-corrected chi connectivity index (χ4v) is 4.33. The lowest BCUT2D eigenvalue weighted by molar-refractivity contribution is -0.139. The summed E-state index contributed by atoms with van der Waals surface area (Å²) < 4.78 is 64.5. The molecular formula is C11H12ClF3N2O2S. The topological polar surface area (TPSA) is 63.4 Å². The third kappa shape index (κ3) is 2.78. The van der Waals surface area contributed by atoms with Gasteiger partial charge in [-0.15, -0.1) is 0 Å². The molecule has 2 rings (SSSR count). The first kappa shape index (κ1) is 15.6. The highest BCUT2D eigenvalue weighted by molar-refractivity contribution is 7.89. The quantitative estimate of drug-likeness (QED) is 0.904. The fourth-order valence-electron chi connectivity index (χ4n) is 2.10. The van der Waals surface area contributed by atoms with Gasteiger partial charge < -0.3 is 5.73 Å². The van der Waals surface area contributed by atoms with Gasteiger partial charge in [0.05, 0.1) is 10.6 Å². The first-order valence-corrected chi connectivity index (χ1v) is 7.57. The van der Waals surface area contributed by atoms with Crippen LogP contribution in [0, 0.1) is 0 Å². The van der Waals surface area contributed by atoms with E-state index in [1.54, 1.807) is 0 Å². The van der Waals surface area contributed by atoms with Crippen molar-refractivity contribution < 1.29 is 21.6 Å². The Labute approximate surface area is 119 Å². The lowest BCUT2D eigenvalue weighted by atomic mass is 10.2. The average Bonchev–Trinajstić information content (AvgIpc) is 2.74. The number of hydrogen-bond donors (Lipinski definition) is 1. The van der Waals surface area contributed by atoms with E-state index in [4.69, 9.17) is 17.3 Å². The van der Waals surface area contributed by atoms with Crippen molar-refractivity contribution in [2.45, 2.75) is 23.5 Å². The van der Waals surface area contributed by atoms with Crippen LogP contribution >= 0.6 is 11.6 Å². The third-order valence-electron chi connectivity index (χ3n) is 3.06. The van der Waals surface area contributed by atoms with Crippen molar-refractivity contribution in [3.05, 3.63) is 28.8 Å². The van der Waals surface area contributed by atoms with E-state index in [1.807, 2.05) is 0 Å². The number of halogens is 4. The fraction of sp³-hybridized carbons (Fsp3) is 0.455. The number of alkyl halides is 3. The number of rotatable bonds is 2. The van der Waals surface area contributed by atoms with E-state index in [0.717, 1.165) is 16.4 Å². The van der Waals surface area contributed by atoms with Gasteiger partial charge in [0, 0.05) is 19.1 Å². The molecule has 1 aliphatic heterocycles. The molecule has 2 N–H and O–H groups in total. The number of nitrogens with zero attached hydrogens (tertiary/aromatic N) is 1. The van der Waals surface area contributed by atoms with E-state index in [0.29, 0.717) is 12.5 Å². The molecule has 1 aromatic rings. The van der Waals surface area contributed by atoms with Gasteiger partial charge in [0.25, 0.3) is 0 Å². The van der Waals surface area contributed by atoms with Gasteiger partial charge in [0.2, 0.25) is 10.0 Å². The van der Waals surface area contributed by atoms with E-state index in [2.05, 4.69) is 0 Å². The molecule has 0 aliphatic carbocycles. The zero-order chi connectivity index (χ0) is 15.1. The van der Waals surface area contributed by atoms with Crippen molar-refractivity contribution in [3.8, 4) is 0 Å². The average molecular weight is 329 g/mol. The largest absolute Gasteiger partial charge is 0.417 e. The van der Waals surface area contributed by atoms with E-state index in [1.165, 1.54) is 0 Å². The molecule has 1 aromatic carbocycles. The lowest BCUT2D eigenvalue weighted by Crippen LogP contribution is -2.33. The van der Waals surface area contributed by atoms with Crippen molar-refractivity contribution in [1.82, 2.24) is 4.31 Å². The van der Waals surface area contributed by atoms with Gasteiger partial charge in [-0.25, -0.2) is 8.42 Å². The molecule has 0 amide bonds. The maximum atomic E-state index is 13.0. The van der Waals surface area contributed by atoms with Crippen LogP contribution in [0.4, 0.5) is 13.2 Å². The Morgan fingerprint density at radius 3 is 2.50 bits per heavy atom. The SMILES string of the molecule is N[C@@H]1CCN(S(=O)(=O)c2c(Cl)cccc2C(F)(F)F)C1. The van der Waals surface area contributed by atoms with Gasteiger partial charge in [0.15, 0.2) is 0 Å². The van der Waals surface area contributed by atoms with Crippen LogP contribution in [0.1, 0.15) is 12.0 Å². The summed E-state index contributed by atoms with van der Waals surface area (Å²) in [5, 5.41) is -0.444. The molecule has 9 heteroatoms. The molecule has 20 heavy (non-hydrogen) atoms. The van der Waals surface area contributed by atoms with Gasteiger partial charge in [0.1, 0.15) is 4.90 Å². The van der Waals surface area contributed by atoms with Crippen molar-refractivity contribution >= 4 is 21.6 Å². The molecule has 112 valence electrons. The summed E-state index contributed by atoms with van der Waals surface area (Å²) in [6.45, 7) is 0.0802. The minimum Gasteiger partial charge on any atom is -0.326 e. The first-order chi connectivity index (χ1) is 9.14. The van der Waals surface area contributed by atoms with Gasteiger partial charge in [-0.2, -0.15) is 17.5 Å². The molecule has 1 aliphatic rings. The number of nitrogens with two attached hydrogens (primary N) is 1. The Morgan fingerprint density at radius 1 is 1.35 bits per heavy atom. The molecule has 1 heterocycles. The normalized spacial score (nSPS) is 21.4. The van der Waals surface area contributed by atoms with Crippen LogP contribution in [0.5, 0.6) is 0 Å². The Balaban J connectivity index is 2.57. The molecule has 0 saturated carbocycles. The smallest absolute Gasteiger partial charge is 0.326 e. The number of benzene rings is 1. The standard InChI is InChI=1S/C11H12ClF3N2O2S/c12-9-3-1-2-8(11(13,14)15)10(9)20(18,19)17-5-4-7(16)6-17/h1-3,7H,4-6,16H2/t7-/m1/s1. The molecular weight excluding hydrogens is 317 g/mol. The van der Waals surface area contributed by atoms with Crippen LogP contribution in [-0.4, -0.2) is 31.9 Å². The summed E-state index contributed by atoms with van der Waals surface area (Å²) >= 11 is 5.70. The molecule has 4 nitrogen and oxygen atoms in total. The Bertz CT molecular complexity index is 619. The maximum absolute atomic E-state index is 13.0. The van der Waals surface area contributed by atoms with Crippen molar-refractivity contribution in [2.75, 3.05) is 13.1 Å². The van der Waals surface area contributed by atoms with Crippen LogP contribution in [0.2, 0.25) is 5.02 Å². The van der Waals surface area contributed by atoms with Crippen LogP contribution in [0.3, 0.4) is 0 Å². The minimum absolute atomic E-state index is 0.00907. The van der Waals surface area contributed by atoms with Gasteiger partial charge in [-0.05, 0) is 18.6 Å². The molecule has 0 aromatic heterocycles. The van der Waals surface area contributed by atoms with Gasteiger partial charge >= 0.3 is 6.18 Å². The highest BCUT2D eigenvalue weighted by Crippen LogP contribution is 2.39.